The lowest BCUT2D eigenvalue weighted by Gasteiger charge is -2.28. The summed E-state index contributed by atoms with van der Waals surface area (Å²) in [4.78, 5) is 98.5. The SMILES string of the molecule is C[C@@H]1NC(=O)Cn2cc(nn2)C[C@@H](C(N)=O)NC(=O)[C@H]([C@@H](C)O)NC(=O)[C@H](CCCCN)NC(=O)[C@@H](Cc2c[nH]c3ccccc23)NC(=O)C(Cc2ccccc2)NC1=O. The van der Waals surface area contributed by atoms with Gasteiger partial charge in [-0.15, -0.1) is 5.10 Å². The first-order valence-electron chi connectivity index (χ1n) is 19.7. The molecule has 2 aromatic heterocycles. The van der Waals surface area contributed by atoms with Crippen molar-refractivity contribution >= 4 is 52.3 Å². The minimum atomic E-state index is -1.61. The van der Waals surface area contributed by atoms with Gasteiger partial charge in [0.25, 0.3) is 0 Å². The molecule has 320 valence electrons. The van der Waals surface area contributed by atoms with Crippen LogP contribution in [0.3, 0.4) is 0 Å². The molecule has 0 aliphatic carbocycles. The third-order valence-electron chi connectivity index (χ3n) is 10.0. The Balaban J connectivity index is 1.53. The van der Waals surface area contributed by atoms with Crippen LogP contribution < -0.4 is 43.4 Å². The van der Waals surface area contributed by atoms with Crippen molar-refractivity contribution in [2.45, 2.75) is 101 Å². The Kier molecular flexibility index (Phi) is 15.4. The first kappa shape index (κ1) is 44.4. The van der Waals surface area contributed by atoms with E-state index >= 15 is 0 Å². The Hall–Kier alpha value is -6.67. The van der Waals surface area contributed by atoms with E-state index in [4.69, 9.17) is 11.5 Å². The third kappa shape index (κ3) is 12.2. The van der Waals surface area contributed by atoms with E-state index in [1.807, 2.05) is 24.3 Å². The molecule has 1 aliphatic rings. The van der Waals surface area contributed by atoms with Gasteiger partial charge in [0.15, 0.2) is 0 Å². The van der Waals surface area contributed by atoms with Gasteiger partial charge in [-0.25, -0.2) is 4.68 Å². The van der Waals surface area contributed by atoms with Gasteiger partial charge < -0.3 is 53.5 Å². The molecule has 2 aromatic carbocycles. The maximum Gasteiger partial charge on any atom is 0.245 e. The fraction of sp³-hybridized carbons (Fsp3) is 0.425. The third-order valence-corrected chi connectivity index (χ3v) is 10.0. The van der Waals surface area contributed by atoms with Crippen LogP contribution in [0.1, 0.15) is 49.9 Å². The van der Waals surface area contributed by atoms with Crippen LogP contribution in [0.5, 0.6) is 0 Å². The van der Waals surface area contributed by atoms with Crippen LogP contribution >= 0.6 is 0 Å². The van der Waals surface area contributed by atoms with Crippen LogP contribution in [-0.2, 0) is 59.4 Å². The van der Waals surface area contributed by atoms with Crippen LogP contribution in [0, 0.1) is 0 Å². The summed E-state index contributed by atoms with van der Waals surface area (Å²) in [6.45, 7) is 2.59. The highest BCUT2D eigenvalue weighted by molar-refractivity contribution is 5.97. The Morgan fingerprint density at radius 3 is 2.17 bits per heavy atom. The van der Waals surface area contributed by atoms with Crippen molar-refractivity contribution in [1.29, 1.82) is 0 Å². The van der Waals surface area contributed by atoms with Crippen molar-refractivity contribution < 1.29 is 38.7 Å². The fourth-order valence-corrected chi connectivity index (χ4v) is 6.75. The molecule has 1 unspecified atom stereocenters. The highest BCUT2D eigenvalue weighted by atomic mass is 16.3. The van der Waals surface area contributed by atoms with Crippen molar-refractivity contribution in [1.82, 2.24) is 51.9 Å². The average Bonchev–Trinajstić information content (AvgIpc) is 3.84. The highest BCUT2D eigenvalue weighted by Crippen LogP contribution is 2.20. The van der Waals surface area contributed by atoms with Crippen LogP contribution in [-0.4, -0.2) is 115 Å². The van der Waals surface area contributed by atoms with Crippen molar-refractivity contribution in [2.75, 3.05) is 6.54 Å². The van der Waals surface area contributed by atoms with Gasteiger partial charge in [0.2, 0.25) is 41.4 Å². The van der Waals surface area contributed by atoms with Gasteiger partial charge in [-0.1, -0.05) is 53.7 Å². The van der Waals surface area contributed by atoms with E-state index in [9.17, 15) is 38.7 Å². The summed E-state index contributed by atoms with van der Waals surface area (Å²) in [7, 11) is 0. The van der Waals surface area contributed by atoms with Gasteiger partial charge >= 0.3 is 0 Å². The molecule has 12 N–H and O–H groups in total. The van der Waals surface area contributed by atoms with Gasteiger partial charge in [0.05, 0.1) is 11.8 Å². The number of nitrogens with two attached hydrogens (primary N) is 2. The second kappa shape index (κ2) is 20.8. The monoisotopic (exact) mass is 828 g/mol. The number of nitrogens with zero attached hydrogens (tertiary/aromatic N) is 3. The molecule has 20 heteroatoms. The van der Waals surface area contributed by atoms with Gasteiger partial charge in [0.1, 0.15) is 42.8 Å². The molecule has 0 saturated heterocycles. The van der Waals surface area contributed by atoms with Crippen molar-refractivity contribution in [2.24, 2.45) is 11.5 Å². The number of nitrogens with one attached hydrogen (secondary N) is 7. The van der Waals surface area contributed by atoms with Crippen LogP contribution in [0.2, 0.25) is 0 Å². The van der Waals surface area contributed by atoms with E-state index in [1.54, 1.807) is 36.5 Å². The second-order valence-corrected chi connectivity index (χ2v) is 14.8. The van der Waals surface area contributed by atoms with Crippen LogP contribution in [0.15, 0.2) is 67.0 Å². The molecule has 2 bridgehead atoms. The maximum absolute atomic E-state index is 14.4. The number of rotatable bonds is 10. The van der Waals surface area contributed by atoms with E-state index in [2.05, 4.69) is 47.2 Å². The number of unbranched alkanes of at least 4 members (excludes halogenated alkanes) is 1. The van der Waals surface area contributed by atoms with E-state index in [1.165, 1.54) is 20.0 Å². The molecule has 4 aromatic rings. The van der Waals surface area contributed by atoms with Gasteiger partial charge in [-0.3, -0.25) is 33.6 Å². The molecule has 7 amide bonds. The average molecular weight is 829 g/mol. The number of aromatic amines is 1. The summed E-state index contributed by atoms with van der Waals surface area (Å²) in [6, 6.07) is 8.30. The lowest BCUT2D eigenvalue weighted by molar-refractivity contribution is -0.136. The smallest absolute Gasteiger partial charge is 0.245 e. The number of H-pyrrole nitrogens is 1. The standard InChI is InChI=1S/C40H52N12O8/c1-22-36(56)47-31(16-24-10-4-3-5-11-24)38(58)48-32(17-25-19-43-28-13-7-6-12-27(25)28)39(59)45-29(14-8-9-15-41)37(57)49-34(23(2)53)40(60)46-30(35(42)55)18-26-20-52(51-50-26)21-33(54)44-22/h3-7,10-13,19-20,22-23,29-32,34,43,53H,8-9,14-18,21,41H2,1-2H3,(H2,42,55)(H,44,54)(H,45,59)(H,46,60)(H,47,56)(H,48,58)(H,49,57)/t22-,23+,29-,30-,31?,32+,34-/m0/s1. The van der Waals surface area contributed by atoms with Crippen LogP contribution in [0.25, 0.3) is 10.9 Å². The molecule has 3 heterocycles. The number of hydrogen-bond acceptors (Lipinski definition) is 11. The van der Waals surface area contributed by atoms with Gasteiger partial charge in [0, 0.05) is 42.6 Å². The molecule has 20 nitrogen and oxygen atoms in total. The lowest BCUT2D eigenvalue weighted by Crippen LogP contribution is -2.61. The number of primary amides is 1. The molecule has 0 saturated carbocycles. The Bertz CT molecular complexity index is 2160. The highest BCUT2D eigenvalue weighted by Gasteiger charge is 2.35. The number of hydrogen-bond donors (Lipinski definition) is 10. The van der Waals surface area contributed by atoms with Gasteiger partial charge in [-0.2, -0.15) is 0 Å². The quantitative estimate of drug-likeness (QED) is 0.0760. The van der Waals surface area contributed by atoms with E-state index < -0.39 is 83.7 Å². The number of benzene rings is 2. The number of aliphatic hydroxyl groups is 1. The summed E-state index contributed by atoms with van der Waals surface area (Å²) < 4.78 is 1.15. The fourth-order valence-electron chi connectivity index (χ4n) is 6.75. The summed E-state index contributed by atoms with van der Waals surface area (Å²) in [5, 5.41) is 35.1. The number of aromatic nitrogens is 4. The first-order chi connectivity index (χ1) is 28.7. The minimum Gasteiger partial charge on any atom is -0.391 e. The van der Waals surface area contributed by atoms with E-state index in [-0.39, 0.29) is 37.9 Å². The van der Waals surface area contributed by atoms with E-state index in [0.717, 1.165) is 15.6 Å². The zero-order valence-electron chi connectivity index (χ0n) is 33.4. The first-order valence-corrected chi connectivity index (χ1v) is 19.7. The molecule has 0 spiro atoms. The number of carbonyl (C=O) groups excluding carboxylic acids is 7. The summed E-state index contributed by atoms with van der Waals surface area (Å²) in [5.41, 5.74) is 13.6. The van der Waals surface area contributed by atoms with Crippen LogP contribution in [0.4, 0.5) is 0 Å². The molecule has 5 rings (SSSR count). The molecular weight excluding hydrogens is 777 g/mol. The maximum atomic E-state index is 14.4. The van der Waals surface area contributed by atoms with E-state index in [0.29, 0.717) is 30.5 Å². The Morgan fingerprint density at radius 2 is 1.47 bits per heavy atom. The number of aliphatic hydroxyl groups excluding tert-OH is 1. The van der Waals surface area contributed by atoms with Crippen molar-refractivity contribution in [3.8, 4) is 0 Å². The van der Waals surface area contributed by atoms with Gasteiger partial charge in [-0.05, 0) is 56.8 Å². The molecule has 7 atom stereocenters. The summed E-state index contributed by atoms with van der Waals surface area (Å²) in [6.07, 6.45) is 2.20. The lowest BCUT2D eigenvalue weighted by atomic mass is 10.0. The summed E-state index contributed by atoms with van der Waals surface area (Å²) in [5.74, 6) is -5.57. The number of fused-ring (bicyclic) bond motifs is 3. The molecule has 0 radical (unpaired) electrons. The zero-order chi connectivity index (χ0) is 43.3. The second-order valence-electron chi connectivity index (χ2n) is 14.8. The number of carbonyl (C=O) groups is 7. The molecule has 1 aliphatic heterocycles. The predicted octanol–water partition coefficient (Wildman–Crippen LogP) is -2.28. The molecule has 0 fully saturated rings. The van der Waals surface area contributed by atoms with Crippen molar-refractivity contribution in [3.63, 3.8) is 0 Å². The largest absolute Gasteiger partial charge is 0.391 e. The van der Waals surface area contributed by atoms with Crippen molar-refractivity contribution in [3.05, 3.63) is 83.8 Å². The Morgan fingerprint density at radius 1 is 0.817 bits per heavy atom. The number of para-hydroxylation sites is 1. The summed E-state index contributed by atoms with van der Waals surface area (Å²) >= 11 is 0. The normalized spacial score (nSPS) is 23.3. The molecular formula is C40H52N12O8. The predicted molar refractivity (Wildman–Crippen MR) is 217 cm³/mol. The topological polar surface area (TPSA) is 310 Å². The minimum absolute atomic E-state index is 0.0153. The Labute approximate surface area is 345 Å². The molecule has 60 heavy (non-hydrogen) atoms. The zero-order valence-corrected chi connectivity index (χ0v) is 33.4. The number of amides is 7.